The van der Waals surface area contributed by atoms with Crippen LogP contribution in [0.3, 0.4) is 0 Å². The fraction of sp³-hybridized carbons (Fsp3) is 0.500. The molecule has 4 atom stereocenters. The number of phenols is 1. The van der Waals surface area contributed by atoms with Crippen LogP contribution < -0.4 is 21.9 Å². The lowest BCUT2D eigenvalue weighted by Crippen LogP contribution is -2.59. The first kappa shape index (κ1) is 25.9. The van der Waals surface area contributed by atoms with Gasteiger partial charge in [-0.1, -0.05) is 12.1 Å². The number of alkyl halides is 2. The van der Waals surface area contributed by atoms with Crippen LogP contribution in [0.25, 0.3) is 0 Å². The van der Waals surface area contributed by atoms with E-state index >= 15 is 0 Å². The van der Waals surface area contributed by atoms with Crippen molar-refractivity contribution in [1.29, 1.82) is 0 Å². The van der Waals surface area contributed by atoms with E-state index in [-0.39, 0.29) is 12.2 Å². The van der Waals surface area contributed by atoms with E-state index in [0.717, 1.165) is 6.92 Å². The molecule has 33 heavy (non-hydrogen) atoms. The van der Waals surface area contributed by atoms with Gasteiger partial charge in [0.1, 0.15) is 23.9 Å². The number of likely N-dealkylation sites (tertiary alicyclic amines) is 1. The highest BCUT2D eigenvalue weighted by atomic mass is 19.3. The number of aliphatic hydroxyl groups is 1. The summed E-state index contributed by atoms with van der Waals surface area (Å²) < 4.78 is 28.1. The fourth-order valence-electron chi connectivity index (χ4n) is 3.53. The summed E-state index contributed by atoms with van der Waals surface area (Å²) in [7, 11) is 0. The van der Waals surface area contributed by atoms with Crippen molar-refractivity contribution in [3.05, 3.63) is 29.8 Å². The molecule has 4 amide bonds. The van der Waals surface area contributed by atoms with Crippen molar-refractivity contribution in [2.45, 2.75) is 56.8 Å². The second-order valence-corrected chi connectivity index (χ2v) is 7.90. The van der Waals surface area contributed by atoms with Crippen LogP contribution in [-0.2, 0) is 25.6 Å². The smallest absolute Gasteiger partial charge is 0.267 e. The molecule has 1 aliphatic heterocycles. The van der Waals surface area contributed by atoms with Crippen molar-refractivity contribution >= 4 is 23.6 Å². The van der Waals surface area contributed by atoms with E-state index in [1.807, 2.05) is 0 Å². The van der Waals surface area contributed by atoms with Gasteiger partial charge in [-0.05, 0) is 24.6 Å². The molecule has 1 aliphatic rings. The largest absolute Gasteiger partial charge is 0.508 e. The van der Waals surface area contributed by atoms with Crippen molar-refractivity contribution in [3.8, 4) is 5.75 Å². The molecule has 0 bridgehead atoms. The zero-order valence-corrected chi connectivity index (χ0v) is 18.0. The Morgan fingerprint density at radius 1 is 1.21 bits per heavy atom. The maximum Gasteiger partial charge on any atom is 0.267 e. The molecule has 0 radical (unpaired) electrons. The molecule has 0 unspecified atom stereocenters. The van der Waals surface area contributed by atoms with Crippen molar-refractivity contribution in [2.75, 3.05) is 6.54 Å². The molecule has 11 nitrogen and oxygen atoms in total. The summed E-state index contributed by atoms with van der Waals surface area (Å²) in [5.41, 5.74) is 2.22. The third-order valence-corrected chi connectivity index (χ3v) is 5.11. The van der Waals surface area contributed by atoms with E-state index in [1.54, 1.807) is 5.43 Å². The Hall–Kier alpha value is -3.32. The van der Waals surface area contributed by atoms with Gasteiger partial charge >= 0.3 is 0 Å². The third-order valence-electron chi connectivity index (χ3n) is 5.11. The third kappa shape index (κ3) is 6.83. The predicted octanol–water partition coefficient (Wildman–Crippen LogP) is -1.47. The fourth-order valence-corrected chi connectivity index (χ4v) is 3.53. The van der Waals surface area contributed by atoms with E-state index < -0.39 is 66.7 Å². The van der Waals surface area contributed by atoms with Gasteiger partial charge in [0.15, 0.2) is 0 Å². The van der Waals surface area contributed by atoms with Gasteiger partial charge in [-0.3, -0.25) is 24.6 Å². The van der Waals surface area contributed by atoms with Gasteiger partial charge in [-0.15, -0.1) is 0 Å². The van der Waals surface area contributed by atoms with Crippen LogP contribution in [-0.4, -0.2) is 75.4 Å². The van der Waals surface area contributed by atoms with Crippen molar-refractivity contribution in [2.24, 2.45) is 5.84 Å². The summed E-state index contributed by atoms with van der Waals surface area (Å²) >= 11 is 0. The standard InChI is InChI=1S/C20H27F2N5O6/c1-10(28)16(24-11(2)29)18(32)25-14(7-12-3-5-13(30)6-4-12)19(33)27-9-20(21,22)8-15(27)17(31)26-23/h3-6,10,14-16,28,30H,7-9,23H2,1-2H3,(H,24,29)(H,25,32)(H,26,31)/t10-,14+,15+,16+/m1/s1. The molecular formula is C20H27F2N5O6. The lowest BCUT2D eigenvalue weighted by atomic mass is 10.0. The monoisotopic (exact) mass is 471 g/mol. The Kier molecular flexibility index (Phi) is 8.28. The lowest BCUT2D eigenvalue weighted by Gasteiger charge is -2.29. The molecule has 0 spiro atoms. The number of nitrogens with zero attached hydrogens (tertiary/aromatic N) is 1. The number of hydrogen-bond acceptors (Lipinski definition) is 7. The van der Waals surface area contributed by atoms with Gasteiger partial charge < -0.3 is 25.7 Å². The Morgan fingerprint density at radius 2 is 1.82 bits per heavy atom. The summed E-state index contributed by atoms with van der Waals surface area (Å²) in [6, 6.07) is 1.20. The van der Waals surface area contributed by atoms with Gasteiger partial charge in [-0.2, -0.15) is 0 Å². The summed E-state index contributed by atoms with van der Waals surface area (Å²) in [6.45, 7) is 1.32. The van der Waals surface area contributed by atoms with Crippen molar-refractivity contribution < 1.29 is 38.2 Å². The summed E-state index contributed by atoms with van der Waals surface area (Å²) in [5, 5.41) is 24.0. The minimum Gasteiger partial charge on any atom is -0.508 e. The van der Waals surface area contributed by atoms with Crippen molar-refractivity contribution in [3.63, 3.8) is 0 Å². The van der Waals surface area contributed by atoms with E-state index in [1.165, 1.54) is 31.2 Å². The Labute approximate surface area is 188 Å². The van der Waals surface area contributed by atoms with Crippen LogP contribution in [0.2, 0.25) is 0 Å². The van der Waals surface area contributed by atoms with Crippen LogP contribution in [0.15, 0.2) is 24.3 Å². The number of amides is 4. The molecule has 13 heteroatoms. The zero-order valence-electron chi connectivity index (χ0n) is 18.0. The van der Waals surface area contributed by atoms with Gasteiger partial charge in [0.05, 0.1) is 12.6 Å². The lowest BCUT2D eigenvalue weighted by molar-refractivity contribution is -0.142. The number of hydrogen-bond donors (Lipinski definition) is 6. The maximum atomic E-state index is 14.1. The molecule has 1 saturated heterocycles. The highest BCUT2D eigenvalue weighted by Crippen LogP contribution is 2.32. The Bertz CT molecular complexity index is 895. The number of aromatic hydroxyl groups is 1. The number of hydrazine groups is 1. The highest BCUT2D eigenvalue weighted by Gasteiger charge is 2.51. The first-order valence-electron chi connectivity index (χ1n) is 10.1. The molecule has 1 heterocycles. The van der Waals surface area contributed by atoms with Crippen LogP contribution in [0.4, 0.5) is 8.78 Å². The molecular weight excluding hydrogens is 444 g/mol. The van der Waals surface area contributed by atoms with Gasteiger partial charge in [0.2, 0.25) is 17.7 Å². The first-order valence-corrected chi connectivity index (χ1v) is 10.1. The molecule has 0 aliphatic carbocycles. The van der Waals surface area contributed by atoms with Crippen LogP contribution in [0.5, 0.6) is 5.75 Å². The summed E-state index contributed by atoms with van der Waals surface area (Å²) in [4.78, 5) is 50.0. The molecule has 2 rings (SSSR count). The Balaban J connectivity index is 2.35. The summed E-state index contributed by atoms with van der Waals surface area (Å²) in [6.07, 6.45) is -2.45. The number of halogens is 2. The van der Waals surface area contributed by atoms with Crippen LogP contribution >= 0.6 is 0 Å². The number of benzene rings is 1. The van der Waals surface area contributed by atoms with Crippen LogP contribution in [0.1, 0.15) is 25.8 Å². The number of carbonyl (C=O) groups is 4. The van der Waals surface area contributed by atoms with E-state index in [9.17, 15) is 38.2 Å². The second kappa shape index (κ2) is 10.5. The maximum absolute atomic E-state index is 14.1. The molecule has 182 valence electrons. The quantitative estimate of drug-likeness (QED) is 0.152. The number of nitrogens with two attached hydrogens (primary N) is 1. The second-order valence-electron chi connectivity index (χ2n) is 7.90. The number of nitrogens with one attached hydrogen (secondary N) is 3. The molecule has 1 aromatic rings. The average molecular weight is 471 g/mol. The highest BCUT2D eigenvalue weighted by molar-refractivity contribution is 5.94. The normalized spacial score (nSPS) is 19.8. The van der Waals surface area contributed by atoms with Gasteiger partial charge in [0, 0.05) is 19.8 Å². The summed E-state index contributed by atoms with van der Waals surface area (Å²) in [5.74, 6) is -1.84. The van der Waals surface area contributed by atoms with Crippen LogP contribution in [0, 0.1) is 0 Å². The van der Waals surface area contributed by atoms with Gasteiger partial charge in [0.25, 0.3) is 11.8 Å². The Morgan fingerprint density at radius 3 is 2.33 bits per heavy atom. The zero-order chi connectivity index (χ0) is 24.9. The molecule has 0 aromatic heterocycles. The number of carbonyl (C=O) groups excluding carboxylic acids is 4. The number of aliphatic hydroxyl groups excluding tert-OH is 1. The SMILES string of the molecule is CC(=O)N[C@H](C(=O)N[C@@H](Cc1ccc(O)cc1)C(=O)N1CC(F)(F)C[C@H]1C(=O)NN)[C@@H](C)O. The minimum absolute atomic E-state index is 0.0515. The van der Waals surface area contributed by atoms with E-state index in [4.69, 9.17) is 5.84 Å². The molecule has 0 saturated carbocycles. The molecule has 1 aromatic carbocycles. The van der Waals surface area contributed by atoms with Crippen molar-refractivity contribution in [1.82, 2.24) is 21.0 Å². The molecule has 7 N–H and O–H groups in total. The van der Waals surface area contributed by atoms with E-state index in [0.29, 0.717) is 10.5 Å². The number of phenolic OH excluding ortho intramolecular Hbond substituents is 1. The first-order chi connectivity index (χ1) is 15.3. The number of rotatable bonds is 8. The molecule has 1 fully saturated rings. The minimum atomic E-state index is -3.35. The average Bonchev–Trinajstić information content (AvgIpc) is 3.07. The topological polar surface area (TPSA) is 174 Å². The van der Waals surface area contributed by atoms with E-state index in [2.05, 4.69) is 10.6 Å². The van der Waals surface area contributed by atoms with Gasteiger partial charge in [-0.25, -0.2) is 14.6 Å². The predicted molar refractivity (Wildman–Crippen MR) is 110 cm³/mol.